The van der Waals surface area contributed by atoms with Crippen molar-refractivity contribution in [3.63, 3.8) is 0 Å². The lowest BCUT2D eigenvalue weighted by Crippen LogP contribution is -2.40. The number of benzene rings is 1. The highest BCUT2D eigenvalue weighted by Crippen LogP contribution is 2.28. The average Bonchev–Trinajstić information content (AvgIpc) is 2.94. The Balaban J connectivity index is 1.57. The van der Waals surface area contributed by atoms with E-state index >= 15 is 0 Å². The smallest absolute Gasteiger partial charge is 0.0366 e. The summed E-state index contributed by atoms with van der Waals surface area (Å²) in [7, 11) is 0. The van der Waals surface area contributed by atoms with Crippen molar-refractivity contribution in [2.24, 2.45) is 5.92 Å². The van der Waals surface area contributed by atoms with Gasteiger partial charge in [0.05, 0.1) is 0 Å². The topological polar surface area (TPSA) is 15.3 Å². The summed E-state index contributed by atoms with van der Waals surface area (Å²) in [5, 5.41) is 3.66. The third kappa shape index (κ3) is 2.47. The predicted octanol–water partition coefficient (Wildman–Crippen LogP) is 2.66. The van der Waals surface area contributed by atoms with Crippen LogP contribution in [0.1, 0.15) is 25.7 Å². The molecule has 2 saturated heterocycles. The summed E-state index contributed by atoms with van der Waals surface area (Å²) in [6, 6.07) is 11.6. The highest BCUT2D eigenvalue weighted by Gasteiger charge is 2.28. The second-order valence-corrected chi connectivity index (χ2v) is 5.36. The van der Waals surface area contributed by atoms with Gasteiger partial charge in [-0.1, -0.05) is 18.2 Å². The van der Waals surface area contributed by atoms with Crippen LogP contribution in [0.4, 0.5) is 5.69 Å². The molecule has 0 bridgehead atoms. The van der Waals surface area contributed by atoms with E-state index < -0.39 is 0 Å². The molecule has 3 rings (SSSR count). The lowest BCUT2D eigenvalue weighted by molar-refractivity contribution is 0.319. The molecule has 1 unspecified atom stereocenters. The van der Waals surface area contributed by atoms with Crippen molar-refractivity contribution in [3.05, 3.63) is 30.3 Å². The van der Waals surface area contributed by atoms with E-state index in [1.165, 1.54) is 51.0 Å². The first kappa shape index (κ1) is 11.1. The Labute approximate surface area is 104 Å². The first-order valence-corrected chi connectivity index (χ1v) is 6.97. The van der Waals surface area contributed by atoms with Crippen molar-refractivity contribution in [2.45, 2.75) is 31.7 Å². The van der Waals surface area contributed by atoms with E-state index in [9.17, 15) is 0 Å². The van der Waals surface area contributed by atoms with Crippen LogP contribution in [0.3, 0.4) is 0 Å². The number of para-hydroxylation sites is 1. The zero-order valence-electron chi connectivity index (χ0n) is 10.4. The fourth-order valence-electron chi connectivity index (χ4n) is 3.31. The van der Waals surface area contributed by atoms with Gasteiger partial charge in [-0.3, -0.25) is 0 Å². The Morgan fingerprint density at radius 1 is 1.00 bits per heavy atom. The van der Waals surface area contributed by atoms with E-state index in [1.54, 1.807) is 0 Å². The molecule has 17 heavy (non-hydrogen) atoms. The third-order valence-electron chi connectivity index (χ3n) is 4.33. The molecule has 0 amide bonds. The average molecular weight is 230 g/mol. The van der Waals surface area contributed by atoms with Crippen LogP contribution in [-0.2, 0) is 0 Å². The van der Waals surface area contributed by atoms with Gasteiger partial charge in [0.1, 0.15) is 0 Å². The van der Waals surface area contributed by atoms with Crippen molar-refractivity contribution < 1.29 is 0 Å². The quantitative estimate of drug-likeness (QED) is 0.840. The molecule has 0 aliphatic carbocycles. The van der Waals surface area contributed by atoms with Gasteiger partial charge in [0.2, 0.25) is 0 Å². The lowest BCUT2D eigenvalue weighted by Gasteiger charge is -2.36. The van der Waals surface area contributed by atoms with Gasteiger partial charge in [-0.2, -0.15) is 0 Å². The number of piperidine rings is 1. The maximum atomic E-state index is 3.66. The molecular formula is C15H22N2. The molecule has 2 heterocycles. The zero-order valence-corrected chi connectivity index (χ0v) is 10.4. The summed E-state index contributed by atoms with van der Waals surface area (Å²) in [6.07, 6.45) is 5.48. The SMILES string of the molecule is c1ccc(N2CCC(C3CCCN3)CC2)cc1. The maximum Gasteiger partial charge on any atom is 0.0366 e. The fraction of sp³-hybridized carbons (Fsp3) is 0.600. The van der Waals surface area contributed by atoms with E-state index in [0.717, 1.165) is 12.0 Å². The molecule has 0 aromatic heterocycles. The summed E-state index contributed by atoms with van der Waals surface area (Å²) in [6.45, 7) is 3.70. The molecule has 0 spiro atoms. The molecule has 1 aromatic carbocycles. The summed E-state index contributed by atoms with van der Waals surface area (Å²) in [5.41, 5.74) is 1.39. The van der Waals surface area contributed by atoms with Crippen molar-refractivity contribution in [3.8, 4) is 0 Å². The molecule has 2 aliphatic heterocycles. The third-order valence-corrected chi connectivity index (χ3v) is 4.33. The van der Waals surface area contributed by atoms with Gasteiger partial charge >= 0.3 is 0 Å². The van der Waals surface area contributed by atoms with Gasteiger partial charge in [-0.15, -0.1) is 0 Å². The fourth-order valence-corrected chi connectivity index (χ4v) is 3.31. The molecule has 92 valence electrons. The Kier molecular flexibility index (Phi) is 3.32. The molecule has 2 nitrogen and oxygen atoms in total. The number of nitrogens with one attached hydrogen (secondary N) is 1. The molecule has 0 saturated carbocycles. The zero-order chi connectivity index (χ0) is 11.5. The number of rotatable bonds is 2. The molecule has 0 radical (unpaired) electrons. The second kappa shape index (κ2) is 5.09. The molecular weight excluding hydrogens is 208 g/mol. The molecule has 2 fully saturated rings. The van der Waals surface area contributed by atoms with Crippen LogP contribution in [0.25, 0.3) is 0 Å². The normalized spacial score (nSPS) is 26.4. The molecule has 2 aliphatic rings. The number of hydrogen-bond acceptors (Lipinski definition) is 2. The van der Waals surface area contributed by atoms with Gasteiger partial charge in [0.15, 0.2) is 0 Å². The van der Waals surface area contributed by atoms with Crippen LogP contribution < -0.4 is 10.2 Å². The number of anilines is 1. The van der Waals surface area contributed by atoms with Crippen LogP contribution in [0, 0.1) is 5.92 Å². The first-order valence-electron chi connectivity index (χ1n) is 6.97. The largest absolute Gasteiger partial charge is 0.372 e. The molecule has 1 N–H and O–H groups in total. The van der Waals surface area contributed by atoms with Crippen molar-refractivity contribution in [1.82, 2.24) is 5.32 Å². The van der Waals surface area contributed by atoms with Crippen LogP contribution in [0.2, 0.25) is 0 Å². The van der Waals surface area contributed by atoms with Gasteiger partial charge in [-0.05, 0) is 50.3 Å². The van der Waals surface area contributed by atoms with Gasteiger partial charge in [-0.25, -0.2) is 0 Å². The Morgan fingerprint density at radius 3 is 2.41 bits per heavy atom. The predicted molar refractivity (Wildman–Crippen MR) is 72.4 cm³/mol. The minimum absolute atomic E-state index is 0.813. The van der Waals surface area contributed by atoms with Crippen molar-refractivity contribution in [2.75, 3.05) is 24.5 Å². The van der Waals surface area contributed by atoms with Crippen molar-refractivity contribution >= 4 is 5.69 Å². The molecule has 1 atom stereocenters. The van der Waals surface area contributed by atoms with Crippen LogP contribution in [0.15, 0.2) is 30.3 Å². The minimum atomic E-state index is 0.813. The monoisotopic (exact) mass is 230 g/mol. The van der Waals surface area contributed by atoms with Crippen molar-refractivity contribution in [1.29, 1.82) is 0 Å². The summed E-state index contributed by atoms with van der Waals surface area (Å²) in [5.74, 6) is 0.914. The Hall–Kier alpha value is -1.02. The van der Waals surface area contributed by atoms with E-state index in [2.05, 4.69) is 40.5 Å². The van der Waals surface area contributed by atoms with E-state index in [-0.39, 0.29) is 0 Å². The molecule has 2 heteroatoms. The Bertz CT molecular complexity index is 335. The lowest BCUT2D eigenvalue weighted by atomic mass is 9.88. The highest BCUT2D eigenvalue weighted by atomic mass is 15.1. The number of nitrogens with zero attached hydrogens (tertiary/aromatic N) is 1. The van der Waals surface area contributed by atoms with Gasteiger partial charge < -0.3 is 10.2 Å². The highest BCUT2D eigenvalue weighted by molar-refractivity contribution is 5.46. The van der Waals surface area contributed by atoms with Crippen LogP contribution >= 0.6 is 0 Å². The Morgan fingerprint density at radius 2 is 1.76 bits per heavy atom. The van der Waals surface area contributed by atoms with Crippen LogP contribution in [0.5, 0.6) is 0 Å². The number of hydrogen-bond donors (Lipinski definition) is 1. The maximum absolute atomic E-state index is 3.66. The van der Waals surface area contributed by atoms with Gasteiger partial charge in [0, 0.05) is 24.8 Å². The summed E-state index contributed by atoms with van der Waals surface area (Å²) >= 11 is 0. The summed E-state index contributed by atoms with van der Waals surface area (Å²) < 4.78 is 0. The standard InChI is InChI=1S/C15H22N2/c1-2-5-14(6-3-1)17-11-8-13(9-12-17)15-7-4-10-16-15/h1-3,5-6,13,15-16H,4,7-12H2. The summed E-state index contributed by atoms with van der Waals surface area (Å²) in [4.78, 5) is 2.53. The van der Waals surface area contributed by atoms with E-state index in [1.807, 2.05) is 0 Å². The minimum Gasteiger partial charge on any atom is -0.372 e. The van der Waals surface area contributed by atoms with Gasteiger partial charge in [0.25, 0.3) is 0 Å². The first-order chi connectivity index (χ1) is 8.43. The van der Waals surface area contributed by atoms with E-state index in [4.69, 9.17) is 0 Å². The molecule has 1 aromatic rings. The second-order valence-electron chi connectivity index (χ2n) is 5.36. The van der Waals surface area contributed by atoms with E-state index in [0.29, 0.717) is 0 Å². The van der Waals surface area contributed by atoms with Crippen LogP contribution in [-0.4, -0.2) is 25.7 Å².